The summed E-state index contributed by atoms with van der Waals surface area (Å²) in [5, 5.41) is 0. The lowest BCUT2D eigenvalue weighted by Crippen LogP contribution is -2.39. The van der Waals surface area contributed by atoms with Gasteiger partial charge in [-0.25, -0.2) is 9.37 Å². The van der Waals surface area contributed by atoms with Crippen molar-refractivity contribution in [3.8, 4) is 0 Å². The molecule has 0 radical (unpaired) electrons. The Balaban J connectivity index is 1.48. The number of fused-ring (bicyclic) bond motifs is 1. The fraction of sp³-hybridized carbons (Fsp3) is 0.296. The Labute approximate surface area is 228 Å². The van der Waals surface area contributed by atoms with Gasteiger partial charge in [0.25, 0.3) is 11.5 Å². The maximum Gasteiger partial charge on any atom is 0.309 e. The van der Waals surface area contributed by atoms with E-state index in [0.29, 0.717) is 53.2 Å². The third kappa shape index (κ3) is 5.21. The number of esters is 1. The number of thiocarbonyl (C=S) groups is 1. The van der Waals surface area contributed by atoms with Crippen LogP contribution >= 0.6 is 24.0 Å². The number of nitrogens with zero attached hydrogens (tertiary/aromatic N) is 4. The number of hydrogen-bond acceptors (Lipinski definition) is 8. The minimum atomic E-state index is -0.359. The van der Waals surface area contributed by atoms with Gasteiger partial charge in [0.2, 0.25) is 0 Å². The molecule has 4 heterocycles. The van der Waals surface area contributed by atoms with Crippen molar-refractivity contribution in [3.05, 3.63) is 80.9 Å². The molecule has 1 aromatic carbocycles. The number of carbonyl (C=O) groups is 2. The lowest BCUT2D eigenvalue weighted by molar-refractivity contribution is -0.148. The first kappa shape index (κ1) is 26.1. The molecule has 2 aliphatic heterocycles. The second kappa shape index (κ2) is 11.0. The largest absolute Gasteiger partial charge is 0.466 e. The van der Waals surface area contributed by atoms with Crippen LogP contribution in [-0.4, -0.2) is 50.2 Å². The number of halogens is 1. The zero-order valence-electron chi connectivity index (χ0n) is 20.6. The molecule has 0 spiro atoms. The van der Waals surface area contributed by atoms with Gasteiger partial charge in [-0.05, 0) is 55.7 Å². The number of hydrogen-bond donors (Lipinski definition) is 0. The van der Waals surface area contributed by atoms with Gasteiger partial charge in [-0.1, -0.05) is 42.2 Å². The van der Waals surface area contributed by atoms with Gasteiger partial charge in [0.1, 0.15) is 21.6 Å². The molecule has 0 N–H and O–H groups in total. The summed E-state index contributed by atoms with van der Waals surface area (Å²) in [6.07, 6.45) is 4.35. The average Bonchev–Trinajstić information content (AvgIpc) is 3.19. The van der Waals surface area contributed by atoms with Crippen LogP contribution in [0.1, 0.15) is 30.9 Å². The molecule has 2 aromatic heterocycles. The highest BCUT2D eigenvalue weighted by Crippen LogP contribution is 2.35. The summed E-state index contributed by atoms with van der Waals surface area (Å²) in [7, 11) is 0. The van der Waals surface area contributed by atoms with E-state index in [-0.39, 0.29) is 41.3 Å². The van der Waals surface area contributed by atoms with E-state index in [2.05, 4.69) is 0 Å². The second-order valence-electron chi connectivity index (χ2n) is 8.99. The predicted molar refractivity (Wildman–Crippen MR) is 148 cm³/mol. The lowest BCUT2D eigenvalue weighted by atomic mass is 9.96. The Kier molecular flexibility index (Phi) is 7.57. The summed E-state index contributed by atoms with van der Waals surface area (Å²) in [5.74, 6) is -0.619. The van der Waals surface area contributed by atoms with E-state index in [4.69, 9.17) is 21.9 Å². The van der Waals surface area contributed by atoms with E-state index in [0.717, 1.165) is 17.3 Å². The van der Waals surface area contributed by atoms with Crippen LogP contribution in [0.15, 0.2) is 58.4 Å². The van der Waals surface area contributed by atoms with Gasteiger partial charge < -0.3 is 9.64 Å². The number of anilines is 1. The predicted octanol–water partition coefficient (Wildman–Crippen LogP) is 4.01. The molecule has 0 atom stereocenters. The molecule has 8 nitrogen and oxygen atoms in total. The number of aromatic nitrogens is 2. The first-order chi connectivity index (χ1) is 18.4. The molecule has 5 rings (SSSR count). The molecule has 0 bridgehead atoms. The molecule has 11 heteroatoms. The topological polar surface area (TPSA) is 84.2 Å². The molecular weight excluding hydrogens is 527 g/mol. The number of rotatable bonds is 6. The van der Waals surface area contributed by atoms with Crippen LogP contribution in [0.3, 0.4) is 0 Å². The first-order valence-corrected chi connectivity index (χ1v) is 13.5. The quantitative estimate of drug-likeness (QED) is 0.258. The maximum absolute atomic E-state index is 13.6. The summed E-state index contributed by atoms with van der Waals surface area (Å²) in [4.78, 5) is 47.6. The van der Waals surface area contributed by atoms with Gasteiger partial charge in [-0.2, -0.15) is 0 Å². The van der Waals surface area contributed by atoms with Gasteiger partial charge in [0, 0.05) is 19.3 Å². The molecule has 0 aliphatic carbocycles. The molecule has 38 heavy (non-hydrogen) atoms. The molecule has 196 valence electrons. The molecule has 0 saturated carbocycles. The monoisotopic (exact) mass is 552 g/mol. The van der Waals surface area contributed by atoms with E-state index in [1.165, 1.54) is 21.4 Å². The summed E-state index contributed by atoms with van der Waals surface area (Å²) in [6, 6.07) is 11.2. The molecule has 1 amide bonds. The summed E-state index contributed by atoms with van der Waals surface area (Å²) in [5.41, 5.74) is 1.20. The minimum absolute atomic E-state index is 0.195. The lowest BCUT2D eigenvalue weighted by Gasteiger charge is -2.32. The number of piperidine rings is 1. The fourth-order valence-corrected chi connectivity index (χ4v) is 5.82. The van der Waals surface area contributed by atoms with Crippen LogP contribution in [0, 0.1) is 11.7 Å². The van der Waals surface area contributed by atoms with Crippen LogP contribution < -0.4 is 10.5 Å². The van der Waals surface area contributed by atoms with E-state index in [9.17, 15) is 18.8 Å². The number of carbonyl (C=O) groups excluding carboxylic acids is 2. The van der Waals surface area contributed by atoms with Crippen LogP contribution in [0.25, 0.3) is 11.7 Å². The van der Waals surface area contributed by atoms with Crippen molar-refractivity contribution in [1.29, 1.82) is 0 Å². The number of benzene rings is 1. The summed E-state index contributed by atoms with van der Waals surface area (Å²) in [6.45, 7) is 3.36. The van der Waals surface area contributed by atoms with Gasteiger partial charge in [-0.3, -0.25) is 23.7 Å². The first-order valence-electron chi connectivity index (χ1n) is 12.3. The van der Waals surface area contributed by atoms with Crippen LogP contribution in [0.4, 0.5) is 10.2 Å². The molecule has 0 unspecified atom stereocenters. The smallest absolute Gasteiger partial charge is 0.309 e. The maximum atomic E-state index is 13.6. The number of thioether (sulfide) groups is 1. The SMILES string of the molecule is CCOC(=O)C1CCN(c2nc3ccccn3c(=O)c2C=C2SC(=S)N(Cc3ccc(F)cc3)C2=O)CC1. The van der Waals surface area contributed by atoms with E-state index < -0.39 is 0 Å². The summed E-state index contributed by atoms with van der Waals surface area (Å²) < 4.78 is 20.3. The van der Waals surface area contributed by atoms with Crippen molar-refractivity contribution in [2.24, 2.45) is 5.92 Å². The number of pyridine rings is 1. The van der Waals surface area contributed by atoms with Gasteiger partial charge in [0.15, 0.2) is 0 Å². The van der Waals surface area contributed by atoms with Crippen LogP contribution in [-0.2, 0) is 20.9 Å². The number of ether oxygens (including phenoxy) is 1. The summed E-state index contributed by atoms with van der Waals surface area (Å²) >= 11 is 6.58. The van der Waals surface area contributed by atoms with Gasteiger partial charge in [-0.15, -0.1) is 0 Å². The van der Waals surface area contributed by atoms with Crippen molar-refractivity contribution < 1.29 is 18.7 Å². The van der Waals surface area contributed by atoms with Gasteiger partial charge >= 0.3 is 5.97 Å². The molecule has 2 fully saturated rings. The third-order valence-electron chi connectivity index (χ3n) is 6.57. The Morgan fingerprint density at radius 3 is 2.63 bits per heavy atom. The highest BCUT2D eigenvalue weighted by atomic mass is 32.2. The highest BCUT2D eigenvalue weighted by molar-refractivity contribution is 8.26. The van der Waals surface area contributed by atoms with E-state index in [1.54, 1.807) is 49.5 Å². The van der Waals surface area contributed by atoms with Crippen molar-refractivity contribution in [2.45, 2.75) is 26.3 Å². The van der Waals surface area contributed by atoms with Gasteiger partial charge in [0.05, 0.1) is 29.5 Å². The van der Waals surface area contributed by atoms with E-state index >= 15 is 0 Å². The van der Waals surface area contributed by atoms with Crippen molar-refractivity contribution >= 4 is 57.7 Å². The Bertz CT molecular complexity index is 1500. The highest BCUT2D eigenvalue weighted by Gasteiger charge is 2.34. The molecule has 2 saturated heterocycles. The van der Waals surface area contributed by atoms with Crippen molar-refractivity contribution in [3.63, 3.8) is 0 Å². The minimum Gasteiger partial charge on any atom is -0.466 e. The van der Waals surface area contributed by atoms with Crippen LogP contribution in [0.5, 0.6) is 0 Å². The molecular formula is C27H25FN4O4S2. The van der Waals surface area contributed by atoms with Crippen molar-refractivity contribution in [2.75, 3.05) is 24.6 Å². The Hall–Kier alpha value is -3.57. The Morgan fingerprint density at radius 2 is 1.92 bits per heavy atom. The zero-order valence-corrected chi connectivity index (χ0v) is 22.3. The average molecular weight is 553 g/mol. The fourth-order valence-electron chi connectivity index (χ4n) is 4.59. The van der Waals surface area contributed by atoms with E-state index in [1.807, 2.05) is 4.90 Å². The zero-order chi connectivity index (χ0) is 26.8. The Morgan fingerprint density at radius 1 is 1.18 bits per heavy atom. The standard InChI is InChI=1S/C27H25FN4O4S2/c1-2-36-26(35)18-10-13-30(14-11-18)23-20(24(33)31-12-4-3-5-22(31)29-23)15-21-25(34)32(27(37)38-21)16-17-6-8-19(28)9-7-17/h3-9,12,15,18H,2,10-11,13-14,16H2,1H3. The third-order valence-corrected chi connectivity index (χ3v) is 7.94. The van der Waals surface area contributed by atoms with Crippen LogP contribution in [0.2, 0.25) is 0 Å². The molecule has 2 aliphatic rings. The normalized spacial score (nSPS) is 17.6. The van der Waals surface area contributed by atoms with Crippen molar-refractivity contribution in [1.82, 2.24) is 14.3 Å². The second-order valence-corrected chi connectivity index (χ2v) is 10.7. The number of amides is 1. The molecule has 3 aromatic rings.